The van der Waals surface area contributed by atoms with Crippen LogP contribution in [0.1, 0.15) is 0 Å². The number of nitrogens with zero attached hydrogens (tertiary/aromatic N) is 2. The molecule has 10 rings (SSSR count). The van der Waals surface area contributed by atoms with Crippen LogP contribution in [0, 0.1) is 0 Å². The molecule has 216 valence electrons. The van der Waals surface area contributed by atoms with Gasteiger partial charge in [-0.1, -0.05) is 103 Å². The van der Waals surface area contributed by atoms with Crippen molar-refractivity contribution < 1.29 is 0 Å². The fourth-order valence-electron chi connectivity index (χ4n) is 7.18. The summed E-state index contributed by atoms with van der Waals surface area (Å²) in [6.45, 7) is 0. The first-order chi connectivity index (χ1) is 22.8. The van der Waals surface area contributed by atoms with Crippen molar-refractivity contribution >= 4 is 102 Å². The van der Waals surface area contributed by atoms with Crippen LogP contribution in [0.15, 0.2) is 158 Å². The van der Waals surface area contributed by atoms with E-state index in [1.54, 1.807) is 0 Å². The van der Waals surface area contributed by atoms with Gasteiger partial charge in [0.2, 0.25) is 0 Å². The normalized spacial score (nSPS) is 11.9. The predicted octanol–water partition coefficient (Wildman–Crippen LogP) is 13.0. The zero-order valence-electron chi connectivity index (χ0n) is 24.7. The Morgan fingerprint density at radius 2 is 0.913 bits per heavy atom. The number of aromatic nitrogens is 1. The van der Waals surface area contributed by atoms with Crippen molar-refractivity contribution in [1.82, 2.24) is 4.57 Å². The number of anilines is 3. The summed E-state index contributed by atoms with van der Waals surface area (Å²) in [6, 6.07) is 57.6. The van der Waals surface area contributed by atoms with Crippen LogP contribution < -0.4 is 4.90 Å². The summed E-state index contributed by atoms with van der Waals surface area (Å²) in [6.07, 6.45) is 0. The summed E-state index contributed by atoms with van der Waals surface area (Å²) in [4.78, 5) is 2.50. The second-order valence-electron chi connectivity index (χ2n) is 11.7. The molecule has 0 N–H and O–H groups in total. The molecule has 0 amide bonds. The molecule has 3 heterocycles. The summed E-state index contributed by atoms with van der Waals surface area (Å²) >= 11 is 3.76. The quantitative estimate of drug-likeness (QED) is 0.190. The van der Waals surface area contributed by atoms with Crippen molar-refractivity contribution in [3.63, 3.8) is 0 Å². The smallest absolute Gasteiger partial charge is 0.0640 e. The van der Waals surface area contributed by atoms with Crippen LogP contribution in [-0.2, 0) is 0 Å². The maximum absolute atomic E-state index is 2.50. The fourth-order valence-corrected chi connectivity index (χ4v) is 9.59. The molecular weight excluding hydrogens is 597 g/mol. The lowest BCUT2D eigenvalue weighted by Gasteiger charge is -2.27. The molecule has 2 nitrogen and oxygen atoms in total. The van der Waals surface area contributed by atoms with Crippen LogP contribution in [0.4, 0.5) is 17.1 Å². The highest BCUT2D eigenvalue weighted by Crippen LogP contribution is 2.49. The number of benzene rings is 7. The molecule has 3 aromatic heterocycles. The molecule has 7 aromatic carbocycles. The molecule has 46 heavy (non-hydrogen) atoms. The summed E-state index contributed by atoms with van der Waals surface area (Å²) < 4.78 is 7.62. The zero-order valence-corrected chi connectivity index (χ0v) is 26.4. The molecule has 0 saturated heterocycles. The van der Waals surface area contributed by atoms with Gasteiger partial charge in [-0.2, -0.15) is 0 Å². The zero-order chi connectivity index (χ0) is 30.2. The molecule has 0 aliphatic rings. The molecule has 0 radical (unpaired) electrons. The molecule has 0 spiro atoms. The minimum Gasteiger partial charge on any atom is -0.309 e. The Bertz CT molecular complexity index is 2650. The first-order valence-corrected chi connectivity index (χ1v) is 17.2. The highest BCUT2D eigenvalue weighted by Gasteiger charge is 2.23. The van der Waals surface area contributed by atoms with E-state index in [0.717, 1.165) is 11.4 Å². The van der Waals surface area contributed by atoms with E-state index in [2.05, 4.69) is 167 Å². The fraction of sp³-hybridized carbons (Fsp3) is 0. The maximum Gasteiger partial charge on any atom is 0.0640 e. The Labute approximate surface area is 273 Å². The van der Waals surface area contributed by atoms with E-state index in [4.69, 9.17) is 0 Å². The standard InChI is InChI=1S/C42H26N2S2/c1-2-12-27(13-3-1)43-35-19-7-4-14-29(35)30-25-24-28(26-38(30)43)44(36-20-10-17-33-31-15-5-8-22-39(31)45-41(33)36)37-21-11-18-34-32-16-6-9-23-40(32)46-42(34)37/h1-26H. The number of rotatable bonds is 4. The molecule has 0 atom stereocenters. The van der Waals surface area contributed by atoms with Gasteiger partial charge in [-0.15, -0.1) is 22.7 Å². The average Bonchev–Trinajstić information content (AvgIpc) is 3.79. The topological polar surface area (TPSA) is 8.17 Å². The lowest BCUT2D eigenvalue weighted by atomic mass is 10.1. The second kappa shape index (κ2) is 10.0. The van der Waals surface area contributed by atoms with Gasteiger partial charge in [0.25, 0.3) is 0 Å². The number of thiophene rings is 2. The maximum atomic E-state index is 2.50. The van der Waals surface area contributed by atoms with Crippen LogP contribution in [0.25, 0.3) is 67.8 Å². The Kier molecular flexibility index (Phi) is 5.65. The van der Waals surface area contributed by atoms with Crippen molar-refractivity contribution in [1.29, 1.82) is 0 Å². The van der Waals surface area contributed by atoms with Gasteiger partial charge in [0.15, 0.2) is 0 Å². The van der Waals surface area contributed by atoms with E-state index in [1.807, 2.05) is 22.7 Å². The molecule has 0 aliphatic carbocycles. The summed E-state index contributed by atoms with van der Waals surface area (Å²) in [5.41, 5.74) is 7.11. The van der Waals surface area contributed by atoms with Crippen LogP contribution in [-0.4, -0.2) is 4.57 Å². The van der Waals surface area contributed by atoms with E-state index in [1.165, 1.54) is 73.5 Å². The van der Waals surface area contributed by atoms with Gasteiger partial charge in [-0.05, 0) is 54.6 Å². The summed E-state index contributed by atoms with van der Waals surface area (Å²) in [7, 11) is 0. The average molecular weight is 623 g/mol. The lowest BCUT2D eigenvalue weighted by molar-refractivity contribution is 1.18. The molecule has 0 aliphatic heterocycles. The van der Waals surface area contributed by atoms with Crippen molar-refractivity contribution in [3.05, 3.63) is 158 Å². The van der Waals surface area contributed by atoms with Crippen LogP contribution in [0.3, 0.4) is 0 Å². The molecular formula is C42H26N2S2. The van der Waals surface area contributed by atoms with Crippen LogP contribution in [0.2, 0.25) is 0 Å². The van der Waals surface area contributed by atoms with Crippen molar-refractivity contribution in [3.8, 4) is 5.69 Å². The number of fused-ring (bicyclic) bond motifs is 9. The Morgan fingerprint density at radius 1 is 0.391 bits per heavy atom. The second-order valence-corrected chi connectivity index (χ2v) is 13.8. The van der Waals surface area contributed by atoms with E-state index in [0.29, 0.717) is 0 Å². The Hall–Kier alpha value is -5.42. The van der Waals surface area contributed by atoms with Gasteiger partial charge in [-0.3, -0.25) is 0 Å². The molecule has 10 aromatic rings. The molecule has 0 saturated carbocycles. The van der Waals surface area contributed by atoms with Crippen LogP contribution >= 0.6 is 22.7 Å². The van der Waals surface area contributed by atoms with E-state index < -0.39 is 0 Å². The van der Waals surface area contributed by atoms with Gasteiger partial charge in [0, 0.05) is 53.1 Å². The van der Waals surface area contributed by atoms with Gasteiger partial charge < -0.3 is 9.47 Å². The third-order valence-corrected chi connectivity index (χ3v) is 11.6. The molecule has 0 bridgehead atoms. The number of para-hydroxylation sites is 2. The predicted molar refractivity (Wildman–Crippen MR) is 201 cm³/mol. The summed E-state index contributed by atoms with van der Waals surface area (Å²) in [5.74, 6) is 0. The minimum atomic E-state index is 1.14. The largest absolute Gasteiger partial charge is 0.309 e. The SMILES string of the molecule is c1ccc(-n2c3ccccc3c3ccc(N(c4cccc5c4sc4ccccc45)c4cccc5c4sc4ccccc45)cc32)cc1. The first kappa shape index (κ1) is 25.9. The van der Waals surface area contributed by atoms with Gasteiger partial charge >= 0.3 is 0 Å². The highest BCUT2D eigenvalue weighted by atomic mass is 32.1. The lowest BCUT2D eigenvalue weighted by Crippen LogP contribution is -2.10. The van der Waals surface area contributed by atoms with Gasteiger partial charge in [0.05, 0.1) is 31.8 Å². The first-order valence-electron chi connectivity index (χ1n) is 15.5. The van der Waals surface area contributed by atoms with E-state index in [-0.39, 0.29) is 0 Å². The Balaban J connectivity index is 1.32. The van der Waals surface area contributed by atoms with Crippen LogP contribution in [0.5, 0.6) is 0 Å². The molecule has 0 unspecified atom stereocenters. The number of hydrogen-bond acceptors (Lipinski definition) is 3. The van der Waals surface area contributed by atoms with Gasteiger partial charge in [0.1, 0.15) is 0 Å². The Morgan fingerprint density at radius 3 is 1.57 bits per heavy atom. The minimum absolute atomic E-state index is 1.14. The van der Waals surface area contributed by atoms with Crippen molar-refractivity contribution in [2.75, 3.05) is 4.90 Å². The molecule has 4 heteroatoms. The van der Waals surface area contributed by atoms with E-state index >= 15 is 0 Å². The highest BCUT2D eigenvalue weighted by molar-refractivity contribution is 7.27. The number of hydrogen-bond donors (Lipinski definition) is 0. The monoisotopic (exact) mass is 622 g/mol. The molecule has 0 fully saturated rings. The van der Waals surface area contributed by atoms with Crippen molar-refractivity contribution in [2.24, 2.45) is 0 Å². The third-order valence-electron chi connectivity index (χ3n) is 9.18. The summed E-state index contributed by atoms with van der Waals surface area (Å²) in [5, 5.41) is 7.73. The van der Waals surface area contributed by atoms with Gasteiger partial charge in [-0.25, -0.2) is 0 Å². The van der Waals surface area contributed by atoms with Crippen molar-refractivity contribution in [2.45, 2.75) is 0 Å². The van der Waals surface area contributed by atoms with E-state index in [9.17, 15) is 0 Å². The third kappa shape index (κ3) is 3.75.